The maximum Gasteiger partial charge on any atom is 0.263 e. The molecule has 2 aromatic rings. The molecule has 1 aromatic carbocycles. The van der Waals surface area contributed by atoms with Gasteiger partial charge in [0, 0.05) is 17.1 Å². The van der Waals surface area contributed by atoms with E-state index in [1.165, 1.54) is 11.3 Å². The monoisotopic (exact) mass is 324 g/mol. The van der Waals surface area contributed by atoms with Crippen molar-refractivity contribution in [2.45, 2.75) is 31.7 Å². The van der Waals surface area contributed by atoms with Crippen LogP contribution in [0.15, 0.2) is 40.6 Å². The van der Waals surface area contributed by atoms with Gasteiger partial charge in [0.2, 0.25) is 0 Å². The topological polar surface area (TPSA) is 58.2 Å². The molecule has 0 saturated carbocycles. The van der Waals surface area contributed by atoms with Gasteiger partial charge in [-0.15, -0.1) is 11.3 Å². The van der Waals surface area contributed by atoms with Gasteiger partial charge in [-0.1, -0.05) is 24.6 Å². The van der Waals surface area contributed by atoms with E-state index < -0.39 is 10.0 Å². The lowest BCUT2D eigenvalue weighted by Crippen LogP contribution is -2.18. The molecule has 2 N–H and O–H groups in total. The van der Waals surface area contributed by atoms with Crippen LogP contribution in [0.1, 0.15) is 23.8 Å². The van der Waals surface area contributed by atoms with Gasteiger partial charge in [-0.2, -0.15) is 0 Å². The van der Waals surface area contributed by atoms with Gasteiger partial charge in [0.1, 0.15) is 4.90 Å². The van der Waals surface area contributed by atoms with E-state index in [-0.39, 0.29) is 0 Å². The highest BCUT2D eigenvalue weighted by atomic mass is 32.2. The number of hydrogen-bond acceptors (Lipinski definition) is 4. The fourth-order valence-corrected chi connectivity index (χ4v) is 4.38. The minimum atomic E-state index is -3.53. The second-order valence-corrected chi connectivity index (χ2v) is 7.51. The number of thiophene rings is 1. The minimum absolute atomic E-state index is 0.358. The van der Waals surface area contributed by atoms with Gasteiger partial charge in [-0.25, -0.2) is 8.42 Å². The third-order valence-corrected chi connectivity index (χ3v) is 5.53. The first-order valence-electron chi connectivity index (χ1n) is 6.89. The zero-order valence-corrected chi connectivity index (χ0v) is 13.9. The summed E-state index contributed by atoms with van der Waals surface area (Å²) in [5.74, 6) is 0. The molecule has 6 heteroatoms. The molecule has 0 bridgehead atoms. The molecule has 0 atom stereocenters. The third kappa shape index (κ3) is 4.30. The van der Waals surface area contributed by atoms with Gasteiger partial charge in [-0.3, -0.25) is 4.72 Å². The summed E-state index contributed by atoms with van der Waals surface area (Å²) in [5, 5.41) is 5.05. The van der Waals surface area contributed by atoms with Crippen LogP contribution in [0, 0.1) is 6.92 Å². The summed E-state index contributed by atoms with van der Waals surface area (Å²) in [4.78, 5) is 1.19. The Morgan fingerprint density at radius 3 is 2.52 bits per heavy atom. The van der Waals surface area contributed by atoms with Crippen LogP contribution >= 0.6 is 11.3 Å². The van der Waals surface area contributed by atoms with Crippen LogP contribution in [0.3, 0.4) is 0 Å². The zero-order chi connectivity index (χ0) is 15.3. The molecule has 2 rings (SSSR count). The van der Waals surface area contributed by atoms with E-state index in [9.17, 15) is 8.42 Å². The second-order valence-electron chi connectivity index (χ2n) is 4.86. The molecule has 0 aliphatic carbocycles. The Labute approximate surface area is 130 Å². The fourth-order valence-electron chi connectivity index (χ4n) is 1.91. The molecule has 21 heavy (non-hydrogen) atoms. The molecule has 1 heterocycles. The summed E-state index contributed by atoms with van der Waals surface area (Å²) in [6, 6.07) is 8.97. The molecule has 0 saturated heterocycles. The molecule has 0 aliphatic heterocycles. The normalized spacial score (nSPS) is 11.5. The first-order valence-corrected chi connectivity index (χ1v) is 9.26. The Bertz CT molecular complexity index is 676. The van der Waals surface area contributed by atoms with Crippen molar-refractivity contribution < 1.29 is 8.42 Å². The summed E-state index contributed by atoms with van der Waals surface area (Å²) in [5.41, 5.74) is 1.68. The summed E-state index contributed by atoms with van der Waals surface area (Å²) in [6.45, 7) is 5.51. The maximum absolute atomic E-state index is 12.5. The van der Waals surface area contributed by atoms with Crippen molar-refractivity contribution in [2.24, 2.45) is 0 Å². The average molecular weight is 324 g/mol. The van der Waals surface area contributed by atoms with E-state index in [0.29, 0.717) is 17.1 Å². The summed E-state index contributed by atoms with van der Waals surface area (Å²) >= 11 is 1.46. The zero-order valence-electron chi connectivity index (χ0n) is 12.2. The van der Waals surface area contributed by atoms with Crippen LogP contribution in [0.25, 0.3) is 0 Å². The number of hydrogen-bond donors (Lipinski definition) is 2. The number of benzene rings is 1. The summed E-state index contributed by atoms with van der Waals surface area (Å²) < 4.78 is 27.6. The van der Waals surface area contributed by atoms with Gasteiger partial charge in [0.25, 0.3) is 10.0 Å². The fraction of sp³-hybridized carbons (Fsp3) is 0.333. The highest BCUT2D eigenvalue weighted by molar-refractivity contribution is 7.93. The molecule has 0 radical (unpaired) electrons. The van der Waals surface area contributed by atoms with Gasteiger partial charge < -0.3 is 5.32 Å². The van der Waals surface area contributed by atoms with E-state index in [4.69, 9.17) is 0 Å². The Balaban J connectivity index is 2.16. The maximum atomic E-state index is 12.5. The lowest BCUT2D eigenvalue weighted by molar-refractivity contribution is 0.599. The molecule has 4 nitrogen and oxygen atoms in total. The molecule has 0 amide bonds. The smallest absolute Gasteiger partial charge is 0.263 e. The number of sulfonamides is 1. The van der Waals surface area contributed by atoms with Crippen LogP contribution in [-0.2, 0) is 16.6 Å². The molecule has 114 valence electrons. The molecule has 1 aromatic heterocycles. The van der Waals surface area contributed by atoms with Gasteiger partial charge in [0.05, 0.1) is 0 Å². The van der Waals surface area contributed by atoms with E-state index in [2.05, 4.69) is 17.0 Å². The molecule has 0 unspecified atom stereocenters. The predicted molar refractivity (Wildman–Crippen MR) is 88.3 cm³/mol. The van der Waals surface area contributed by atoms with Crippen molar-refractivity contribution in [3.63, 3.8) is 0 Å². The Kier molecular flexibility index (Phi) is 5.39. The van der Waals surface area contributed by atoms with Crippen molar-refractivity contribution in [1.82, 2.24) is 5.32 Å². The van der Waals surface area contributed by atoms with E-state index >= 15 is 0 Å². The van der Waals surface area contributed by atoms with Crippen molar-refractivity contribution in [3.8, 4) is 0 Å². The number of nitrogens with one attached hydrogen (secondary N) is 2. The molecule has 0 spiro atoms. The lowest BCUT2D eigenvalue weighted by Gasteiger charge is -2.09. The molecular formula is C15H20N2O2S2. The van der Waals surface area contributed by atoms with Crippen molar-refractivity contribution in [3.05, 3.63) is 46.2 Å². The lowest BCUT2D eigenvalue weighted by atomic mass is 10.2. The van der Waals surface area contributed by atoms with Crippen LogP contribution in [0.4, 0.5) is 5.69 Å². The SMILES string of the molecule is CCCNCc1sccc1S(=O)(=O)Nc1ccc(C)cc1. The minimum Gasteiger partial charge on any atom is -0.312 e. The largest absolute Gasteiger partial charge is 0.312 e. The third-order valence-electron chi connectivity index (χ3n) is 3.01. The first-order chi connectivity index (χ1) is 10.0. The molecule has 0 fully saturated rings. The first kappa shape index (κ1) is 16.0. The molecular weight excluding hydrogens is 304 g/mol. The van der Waals surface area contributed by atoms with Crippen molar-refractivity contribution in [1.29, 1.82) is 0 Å². The second kappa shape index (κ2) is 7.06. The van der Waals surface area contributed by atoms with Crippen LogP contribution in [0.5, 0.6) is 0 Å². The standard InChI is InChI=1S/C15H20N2O2S2/c1-3-9-16-11-14-15(8-10-20-14)21(18,19)17-13-6-4-12(2)5-7-13/h4-8,10,16-17H,3,9,11H2,1-2H3. The van der Waals surface area contributed by atoms with Gasteiger partial charge in [0.15, 0.2) is 0 Å². The Hall–Kier alpha value is -1.37. The van der Waals surface area contributed by atoms with Crippen molar-refractivity contribution in [2.75, 3.05) is 11.3 Å². The number of aryl methyl sites for hydroxylation is 1. The highest BCUT2D eigenvalue weighted by Gasteiger charge is 2.19. The number of anilines is 1. The number of rotatable bonds is 7. The van der Waals surface area contributed by atoms with Crippen LogP contribution in [0.2, 0.25) is 0 Å². The van der Waals surface area contributed by atoms with E-state index in [1.54, 1.807) is 18.2 Å². The quantitative estimate of drug-likeness (QED) is 0.768. The summed E-state index contributed by atoms with van der Waals surface area (Å²) in [7, 11) is -3.53. The summed E-state index contributed by atoms with van der Waals surface area (Å²) in [6.07, 6.45) is 1.02. The van der Waals surface area contributed by atoms with E-state index in [1.807, 2.05) is 24.4 Å². The Morgan fingerprint density at radius 1 is 1.14 bits per heavy atom. The highest BCUT2D eigenvalue weighted by Crippen LogP contribution is 2.24. The predicted octanol–water partition coefficient (Wildman–Crippen LogP) is 3.36. The van der Waals surface area contributed by atoms with Crippen molar-refractivity contribution >= 4 is 27.0 Å². The molecule has 0 aliphatic rings. The average Bonchev–Trinajstić information content (AvgIpc) is 2.91. The van der Waals surface area contributed by atoms with E-state index in [0.717, 1.165) is 23.4 Å². The Morgan fingerprint density at radius 2 is 1.86 bits per heavy atom. The van der Waals surface area contributed by atoms with Gasteiger partial charge >= 0.3 is 0 Å². The van der Waals surface area contributed by atoms with Crippen LogP contribution < -0.4 is 10.0 Å². The van der Waals surface area contributed by atoms with Gasteiger partial charge in [-0.05, 0) is 43.5 Å². The van der Waals surface area contributed by atoms with Crippen LogP contribution in [-0.4, -0.2) is 15.0 Å².